The molecule has 1 aliphatic heterocycles. The van der Waals surface area contributed by atoms with E-state index in [1.54, 1.807) is 10.3 Å². The van der Waals surface area contributed by atoms with E-state index < -0.39 is 0 Å². The van der Waals surface area contributed by atoms with Gasteiger partial charge >= 0.3 is 0 Å². The number of amides is 2. The number of nitrogens with two attached hydrogens (primary N) is 1. The largest absolute Gasteiger partial charge is 0.342 e. The fraction of sp³-hybridized carbons (Fsp3) is 0.583. The van der Waals surface area contributed by atoms with Crippen molar-refractivity contribution in [2.45, 2.75) is 25.8 Å². The Bertz CT molecular complexity index is 466. The normalized spacial score (nSPS) is 16.4. The number of thiazole rings is 1. The molecule has 2 rings (SSSR count). The quantitative estimate of drug-likeness (QED) is 0.842. The summed E-state index contributed by atoms with van der Waals surface area (Å²) in [6.07, 6.45) is 2.09. The monoisotopic (exact) mass is 282 g/mol. The summed E-state index contributed by atoms with van der Waals surface area (Å²) in [5, 5.41) is 4.98. The Morgan fingerprint density at radius 1 is 1.53 bits per heavy atom. The van der Waals surface area contributed by atoms with Crippen LogP contribution >= 0.6 is 11.3 Å². The molecule has 0 radical (unpaired) electrons. The van der Waals surface area contributed by atoms with Crippen LogP contribution < -0.4 is 11.1 Å². The van der Waals surface area contributed by atoms with E-state index in [2.05, 4.69) is 10.3 Å². The number of carbonyl (C=O) groups excluding carboxylic acids is 2. The van der Waals surface area contributed by atoms with Crippen molar-refractivity contribution in [3.63, 3.8) is 0 Å². The second-order valence-corrected chi connectivity index (χ2v) is 5.52. The van der Waals surface area contributed by atoms with Gasteiger partial charge in [0.25, 0.3) is 5.91 Å². The van der Waals surface area contributed by atoms with Crippen LogP contribution in [0.5, 0.6) is 0 Å². The lowest BCUT2D eigenvalue weighted by atomic mass is 10.4. The third-order valence-corrected chi connectivity index (χ3v) is 4.05. The standard InChI is InChI=1S/C12H18N4O2S/c1-8(13)12-15-9(7-19-12)11(18)14-6-10(17)16-4-2-3-5-16/h7-8H,2-6,13H2,1H3,(H,14,18). The van der Waals surface area contributed by atoms with Crippen LogP contribution in [0.15, 0.2) is 5.38 Å². The maximum Gasteiger partial charge on any atom is 0.271 e. The summed E-state index contributed by atoms with van der Waals surface area (Å²) in [6, 6.07) is -0.183. The summed E-state index contributed by atoms with van der Waals surface area (Å²) in [7, 11) is 0. The molecule has 1 aromatic rings. The van der Waals surface area contributed by atoms with Gasteiger partial charge in [0.2, 0.25) is 5.91 Å². The van der Waals surface area contributed by atoms with Crippen LogP contribution in [0.25, 0.3) is 0 Å². The second kappa shape index (κ2) is 6.12. The van der Waals surface area contributed by atoms with E-state index in [0.29, 0.717) is 5.69 Å². The van der Waals surface area contributed by atoms with Crippen molar-refractivity contribution in [1.29, 1.82) is 0 Å². The molecule has 1 atom stereocenters. The average Bonchev–Trinajstić information content (AvgIpc) is 3.05. The molecule has 7 heteroatoms. The van der Waals surface area contributed by atoms with Crippen LogP contribution in [0.3, 0.4) is 0 Å². The van der Waals surface area contributed by atoms with Gasteiger partial charge in [-0.25, -0.2) is 4.98 Å². The number of nitrogens with one attached hydrogen (secondary N) is 1. The third kappa shape index (κ3) is 3.51. The first-order chi connectivity index (χ1) is 9.08. The summed E-state index contributed by atoms with van der Waals surface area (Å²) in [5.74, 6) is -0.357. The molecule has 3 N–H and O–H groups in total. The van der Waals surface area contributed by atoms with E-state index in [1.807, 2.05) is 6.92 Å². The zero-order chi connectivity index (χ0) is 13.8. The molecule has 1 aliphatic rings. The molecule has 2 amide bonds. The van der Waals surface area contributed by atoms with Gasteiger partial charge in [-0.3, -0.25) is 9.59 Å². The summed E-state index contributed by atoms with van der Waals surface area (Å²) < 4.78 is 0. The Labute approximate surface area is 116 Å². The Morgan fingerprint density at radius 3 is 2.79 bits per heavy atom. The highest BCUT2D eigenvalue weighted by Gasteiger charge is 2.19. The van der Waals surface area contributed by atoms with Crippen LogP contribution in [0, 0.1) is 0 Å². The number of hydrogen-bond donors (Lipinski definition) is 2. The molecule has 1 saturated heterocycles. The van der Waals surface area contributed by atoms with Crippen molar-refractivity contribution in [1.82, 2.24) is 15.2 Å². The molecular formula is C12H18N4O2S. The summed E-state index contributed by atoms with van der Waals surface area (Å²) in [4.78, 5) is 29.5. The predicted octanol–water partition coefficient (Wildman–Crippen LogP) is 0.515. The minimum Gasteiger partial charge on any atom is -0.342 e. The van der Waals surface area contributed by atoms with Crippen LogP contribution in [0.4, 0.5) is 0 Å². The van der Waals surface area contributed by atoms with Crippen molar-refractivity contribution >= 4 is 23.2 Å². The van der Waals surface area contributed by atoms with Crippen molar-refractivity contribution in [2.75, 3.05) is 19.6 Å². The van der Waals surface area contributed by atoms with Gasteiger partial charge < -0.3 is 16.0 Å². The van der Waals surface area contributed by atoms with E-state index in [1.165, 1.54) is 11.3 Å². The molecule has 19 heavy (non-hydrogen) atoms. The van der Waals surface area contributed by atoms with Gasteiger partial charge in [-0.2, -0.15) is 0 Å². The lowest BCUT2D eigenvalue weighted by molar-refractivity contribution is -0.129. The predicted molar refractivity (Wildman–Crippen MR) is 72.9 cm³/mol. The van der Waals surface area contributed by atoms with Gasteiger partial charge in [-0.05, 0) is 19.8 Å². The van der Waals surface area contributed by atoms with E-state index in [9.17, 15) is 9.59 Å². The number of likely N-dealkylation sites (tertiary alicyclic amines) is 1. The van der Waals surface area contributed by atoms with Crippen molar-refractivity contribution < 1.29 is 9.59 Å². The van der Waals surface area contributed by atoms with Crippen molar-refractivity contribution in [3.8, 4) is 0 Å². The zero-order valence-corrected chi connectivity index (χ0v) is 11.7. The van der Waals surface area contributed by atoms with Gasteiger partial charge in [-0.1, -0.05) is 0 Å². The molecule has 104 valence electrons. The number of rotatable bonds is 4. The van der Waals surface area contributed by atoms with Gasteiger partial charge in [-0.15, -0.1) is 11.3 Å². The fourth-order valence-corrected chi connectivity index (χ4v) is 2.68. The number of aromatic nitrogens is 1. The average molecular weight is 282 g/mol. The van der Waals surface area contributed by atoms with Crippen LogP contribution in [0.2, 0.25) is 0 Å². The highest BCUT2D eigenvalue weighted by Crippen LogP contribution is 2.15. The Balaban J connectivity index is 1.84. The van der Waals surface area contributed by atoms with Crippen LogP contribution in [-0.2, 0) is 4.79 Å². The van der Waals surface area contributed by atoms with Gasteiger partial charge in [0.15, 0.2) is 0 Å². The van der Waals surface area contributed by atoms with Crippen LogP contribution in [-0.4, -0.2) is 41.3 Å². The minimum atomic E-state index is -0.323. The molecule has 1 aromatic heterocycles. The number of hydrogen-bond acceptors (Lipinski definition) is 5. The van der Waals surface area contributed by atoms with E-state index >= 15 is 0 Å². The lowest BCUT2D eigenvalue weighted by Gasteiger charge is -2.15. The summed E-state index contributed by atoms with van der Waals surface area (Å²) in [5.41, 5.74) is 6.01. The molecule has 1 unspecified atom stereocenters. The fourth-order valence-electron chi connectivity index (χ4n) is 1.93. The first-order valence-corrected chi connectivity index (χ1v) is 7.23. The van der Waals surface area contributed by atoms with Gasteiger partial charge in [0.1, 0.15) is 10.7 Å². The van der Waals surface area contributed by atoms with Crippen LogP contribution in [0.1, 0.15) is 41.3 Å². The molecule has 0 aliphatic carbocycles. The maximum absolute atomic E-state index is 11.8. The van der Waals surface area contributed by atoms with E-state index in [0.717, 1.165) is 30.9 Å². The summed E-state index contributed by atoms with van der Waals surface area (Å²) >= 11 is 1.35. The SMILES string of the molecule is CC(N)c1nc(C(=O)NCC(=O)N2CCCC2)cs1. The molecule has 0 bridgehead atoms. The molecule has 6 nitrogen and oxygen atoms in total. The molecule has 1 fully saturated rings. The van der Waals surface area contributed by atoms with Gasteiger partial charge in [0.05, 0.1) is 12.6 Å². The highest BCUT2D eigenvalue weighted by molar-refractivity contribution is 7.09. The molecule has 0 saturated carbocycles. The topological polar surface area (TPSA) is 88.3 Å². The highest BCUT2D eigenvalue weighted by atomic mass is 32.1. The molecule has 2 heterocycles. The van der Waals surface area contributed by atoms with Crippen molar-refractivity contribution in [2.24, 2.45) is 5.73 Å². The number of nitrogens with zero attached hydrogens (tertiary/aromatic N) is 2. The molecular weight excluding hydrogens is 264 g/mol. The minimum absolute atomic E-state index is 0.0316. The summed E-state index contributed by atoms with van der Waals surface area (Å²) in [6.45, 7) is 3.43. The van der Waals surface area contributed by atoms with E-state index in [-0.39, 0.29) is 24.4 Å². The Hall–Kier alpha value is -1.47. The van der Waals surface area contributed by atoms with Crippen molar-refractivity contribution in [3.05, 3.63) is 16.1 Å². The Morgan fingerprint density at radius 2 is 2.21 bits per heavy atom. The lowest BCUT2D eigenvalue weighted by Crippen LogP contribution is -2.38. The number of carbonyl (C=O) groups is 2. The third-order valence-electron chi connectivity index (χ3n) is 3.00. The maximum atomic E-state index is 11.8. The first kappa shape index (κ1) is 14.0. The molecule has 0 aromatic carbocycles. The smallest absolute Gasteiger partial charge is 0.271 e. The second-order valence-electron chi connectivity index (χ2n) is 4.63. The molecule has 0 spiro atoms. The van der Waals surface area contributed by atoms with Gasteiger partial charge in [0, 0.05) is 18.5 Å². The first-order valence-electron chi connectivity index (χ1n) is 6.35. The zero-order valence-electron chi connectivity index (χ0n) is 10.9. The Kier molecular flexibility index (Phi) is 4.49. The van der Waals surface area contributed by atoms with E-state index in [4.69, 9.17) is 5.73 Å².